The molecule has 0 spiro atoms. The highest BCUT2D eigenvalue weighted by atomic mass is 32.2. The average Bonchev–Trinajstić information content (AvgIpc) is 3.23. The van der Waals surface area contributed by atoms with Gasteiger partial charge in [0.25, 0.3) is 0 Å². The maximum atomic E-state index is 12.5. The number of nitrogens with zero attached hydrogens (tertiary/aromatic N) is 3. The van der Waals surface area contributed by atoms with Crippen molar-refractivity contribution in [1.82, 2.24) is 10.2 Å². The molecule has 2 amide bonds. The van der Waals surface area contributed by atoms with Gasteiger partial charge in [0, 0.05) is 31.5 Å². The van der Waals surface area contributed by atoms with Crippen molar-refractivity contribution in [1.29, 1.82) is 0 Å². The lowest BCUT2D eigenvalue weighted by Crippen LogP contribution is -2.28. The van der Waals surface area contributed by atoms with Gasteiger partial charge in [0.1, 0.15) is 0 Å². The highest BCUT2D eigenvalue weighted by Gasteiger charge is 2.35. The van der Waals surface area contributed by atoms with Crippen LogP contribution in [0, 0.1) is 12.8 Å². The van der Waals surface area contributed by atoms with Gasteiger partial charge in [-0.3, -0.25) is 9.59 Å². The Bertz CT molecular complexity index is 779. The van der Waals surface area contributed by atoms with Crippen LogP contribution in [0.25, 0.3) is 0 Å². The van der Waals surface area contributed by atoms with E-state index in [0.717, 1.165) is 21.3 Å². The van der Waals surface area contributed by atoms with E-state index < -0.39 is 5.92 Å². The number of hydrogen-bond acceptors (Lipinski definition) is 7. The summed E-state index contributed by atoms with van der Waals surface area (Å²) in [7, 11) is 1.65. The fourth-order valence-electron chi connectivity index (χ4n) is 2.60. The monoisotopic (exact) mass is 392 g/mol. The number of aryl methyl sites for hydroxylation is 1. The van der Waals surface area contributed by atoms with Crippen LogP contribution in [0.3, 0.4) is 0 Å². The van der Waals surface area contributed by atoms with Crippen molar-refractivity contribution in [3.05, 3.63) is 29.8 Å². The third kappa shape index (κ3) is 4.60. The van der Waals surface area contributed by atoms with Crippen LogP contribution in [0.4, 0.5) is 10.8 Å². The summed E-state index contributed by atoms with van der Waals surface area (Å²) in [6.45, 7) is 3.00. The topological polar surface area (TPSA) is 84.4 Å². The zero-order valence-electron chi connectivity index (χ0n) is 14.6. The third-order valence-corrected chi connectivity index (χ3v) is 5.93. The molecule has 1 aliphatic rings. The molecule has 2 aromatic rings. The second kappa shape index (κ2) is 8.61. The number of amides is 2. The number of rotatable bonds is 7. The largest absolute Gasteiger partial charge is 0.384 e. The van der Waals surface area contributed by atoms with Gasteiger partial charge in [0.05, 0.1) is 12.5 Å². The van der Waals surface area contributed by atoms with Crippen LogP contribution in [-0.4, -0.2) is 48.0 Å². The number of ether oxygens (including phenoxy) is 1. The average molecular weight is 393 g/mol. The summed E-state index contributed by atoms with van der Waals surface area (Å²) in [6.07, 6.45) is 0.202. The summed E-state index contributed by atoms with van der Waals surface area (Å²) in [5.74, 6) is 0.152. The predicted molar refractivity (Wildman–Crippen MR) is 103 cm³/mol. The van der Waals surface area contributed by atoms with Crippen molar-refractivity contribution >= 4 is 45.7 Å². The first kappa shape index (κ1) is 18.8. The summed E-state index contributed by atoms with van der Waals surface area (Å²) >= 11 is 2.86. The van der Waals surface area contributed by atoms with Crippen molar-refractivity contribution in [3.63, 3.8) is 0 Å². The van der Waals surface area contributed by atoms with E-state index in [1.165, 1.54) is 23.1 Å². The molecule has 1 aliphatic heterocycles. The lowest BCUT2D eigenvalue weighted by atomic mass is 10.1. The van der Waals surface area contributed by atoms with E-state index in [0.29, 0.717) is 18.3 Å². The number of nitrogens with one attached hydrogen (secondary N) is 1. The highest BCUT2D eigenvalue weighted by molar-refractivity contribution is 8.01. The summed E-state index contributed by atoms with van der Waals surface area (Å²) in [5, 5.41) is 11.3. The van der Waals surface area contributed by atoms with Gasteiger partial charge in [-0.25, -0.2) is 0 Å². The molecule has 1 aromatic heterocycles. The van der Waals surface area contributed by atoms with E-state index in [9.17, 15) is 9.59 Å². The van der Waals surface area contributed by atoms with E-state index in [1.807, 2.05) is 31.2 Å². The number of methoxy groups -OCH3 is 1. The standard InChI is InChI=1S/C17H20N4O3S2/c1-11-3-5-13(6-4-11)21-10-12(9-14(21)22)15(23)18-16-19-20-17(26-16)25-8-7-24-2/h3-6,12H,7-10H2,1-2H3,(H,18,19,23)/t12-/m1/s1. The number of thioether (sulfide) groups is 1. The molecule has 1 N–H and O–H groups in total. The molecule has 1 aromatic carbocycles. The van der Waals surface area contributed by atoms with Gasteiger partial charge in [-0.05, 0) is 19.1 Å². The van der Waals surface area contributed by atoms with Crippen molar-refractivity contribution in [2.45, 2.75) is 17.7 Å². The Kier molecular flexibility index (Phi) is 6.23. The zero-order chi connectivity index (χ0) is 18.5. The molecule has 0 radical (unpaired) electrons. The number of aromatic nitrogens is 2. The van der Waals surface area contributed by atoms with Crippen molar-refractivity contribution < 1.29 is 14.3 Å². The van der Waals surface area contributed by atoms with E-state index in [4.69, 9.17) is 4.74 Å². The van der Waals surface area contributed by atoms with E-state index in [1.54, 1.807) is 12.0 Å². The van der Waals surface area contributed by atoms with Crippen molar-refractivity contribution in [3.8, 4) is 0 Å². The molecule has 1 fully saturated rings. The van der Waals surface area contributed by atoms with Crippen LogP contribution >= 0.6 is 23.1 Å². The molecule has 138 valence electrons. The Morgan fingerprint density at radius 3 is 2.88 bits per heavy atom. The Labute approximate surface area is 160 Å². The fraction of sp³-hybridized carbons (Fsp3) is 0.412. The zero-order valence-corrected chi connectivity index (χ0v) is 16.2. The molecule has 3 rings (SSSR count). The predicted octanol–water partition coefficient (Wildman–Crippen LogP) is 2.58. The molecule has 7 nitrogen and oxygen atoms in total. The third-order valence-electron chi connectivity index (χ3n) is 3.99. The van der Waals surface area contributed by atoms with Gasteiger partial charge < -0.3 is 15.0 Å². The first-order valence-corrected chi connectivity index (χ1v) is 10.00. The van der Waals surface area contributed by atoms with Crippen LogP contribution in [0.2, 0.25) is 0 Å². The van der Waals surface area contributed by atoms with Gasteiger partial charge >= 0.3 is 0 Å². The van der Waals surface area contributed by atoms with Crippen LogP contribution in [0.1, 0.15) is 12.0 Å². The number of hydrogen-bond donors (Lipinski definition) is 1. The Balaban J connectivity index is 1.57. The second-order valence-corrected chi connectivity index (χ2v) is 8.26. The number of anilines is 2. The van der Waals surface area contributed by atoms with Crippen molar-refractivity contribution in [2.24, 2.45) is 5.92 Å². The van der Waals surface area contributed by atoms with Crippen LogP contribution in [-0.2, 0) is 14.3 Å². The molecule has 0 bridgehead atoms. The minimum atomic E-state index is -0.391. The molecule has 1 atom stereocenters. The molecule has 0 aliphatic carbocycles. The molecule has 26 heavy (non-hydrogen) atoms. The summed E-state index contributed by atoms with van der Waals surface area (Å²) in [6, 6.07) is 7.73. The maximum Gasteiger partial charge on any atom is 0.231 e. The SMILES string of the molecule is COCCSc1nnc(NC(=O)[C@@H]2CC(=O)N(c3ccc(C)cc3)C2)s1. The fourth-order valence-corrected chi connectivity index (χ4v) is 4.32. The molecule has 0 saturated carbocycles. The minimum Gasteiger partial charge on any atom is -0.384 e. The summed E-state index contributed by atoms with van der Waals surface area (Å²) in [4.78, 5) is 26.4. The van der Waals surface area contributed by atoms with Crippen molar-refractivity contribution in [2.75, 3.05) is 36.2 Å². The maximum absolute atomic E-state index is 12.5. The van der Waals surface area contributed by atoms with Gasteiger partial charge in [0.2, 0.25) is 16.9 Å². The Morgan fingerprint density at radius 2 is 2.15 bits per heavy atom. The molecule has 0 unspecified atom stereocenters. The van der Waals surface area contributed by atoms with Gasteiger partial charge in [0.15, 0.2) is 4.34 Å². The minimum absolute atomic E-state index is 0.0397. The number of benzene rings is 1. The molecule has 9 heteroatoms. The van der Waals surface area contributed by atoms with Crippen LogP contribution in [0.5, 0.6) is 0 Å². The summed E-state index contributed by atoms with van der Waals surface area (Å²) < 4.78 is 5.77. The Hall–Kier alpha value is -1.97. The quantitative estimate of drug-likeness (QED) is 0.443. The van der Waals surface area contributed by atoms with Crippen LogP contribution < -0.4 is 10.2 Å². The van der Waals surface area contributed by atoms with Crippen LogP contribution in [0.15, 0.2) is 28.6 Å². The smallest absolute Gasteiger partial charge is 0.231 e. The molecule has 1 saturated heterocycles. The van der Waals surface area contributed by atoms with E-state index in [-0.39, 0.29) is 18.2 Å². The highest BCUT2D eigenvalue weighted by Crippen LogP contribution is 2.28. The van der Waals surface area contributed by atoms with Gasteiger partial charge in [-0.15, -0.1) is 10.2 Å². The number of carbonyl (C=O) groups is 2. The Morgan fingerprint density at radius 1 is 1.38 bits per heavy atom. The van der Waals surface area contributed by atoms with E-state index >= 15 is 0 Å². The number of carbonyl (C=O) groups excluding carboxylic acids is 2. The first-order chi connectivity index (χ1) is 12.6. The van der Waals surface area contributed by atoms with Gasteiger partial charge in [-0.1, -0.05) is 40.8 Å². The normalized spacial score (nSPS) is 16.9. The van der Waals surface area contributed by atoms with Gasteiger partial charge in [-0.2, -0.15) is 0 Å². The lowest BCUT2D eigenvalue weighted by molar-refractivity contribution is -0.122. The summed E-state index contributed by atoms with van der Waals surface area (Å²) in [5.41, 5.74) is 1.95. The molecular formula is C17H20N4O3S2. The first-order valence-electron chi connectivity index (χ1n) is 8.20. The molecular weight excluding hydrogens is 372 g/mol. The lowest BCUT2D eigenvalue weighted by Gasteiger charge is -2.16. The van der Waals surface area contributed by atoms with E-state index in [2.05, 4.69) is 15.5 Å². The second-order valence-electron chi connectivity index (χ2n) is 5.94. The molecule has 2 heterocycles.